The van der Waals surface area contributed by atoms with Crippen molar-refractivity contribution in [3.8, 4) is 0 Å². The van der Waals surface area contributed by atoms with Crippen LogP contribution in [0.3, 0.4) is 0 Å². The summed E-state index contributed by atoms with van der Waals surface area (Å²) in [4.78, 5) is 16.0. The Balaban J connectivity index is 2.06. The van der Waals surface area contributed by atoms with Crippen molar-refractivity contribution in [1.29, 1.82) is 0 Å². The second kappa shape index (κ2) is 4.62. The molecule has 1 aromatic carbocycles. The Morgan fingerprint density at radius 1 is 1.44 bits per heavy atom. The molecule has 0 aromatic heterocycles. The first-order valence-electron chi connectivity index (χ1n) is 4.91. The van der Waals surface area contributed by atoms with Crippen LogP contribution in [-0.2, 0) is 9.63 Å². The highest BCUT2D eigenvalue weighted by atomic mass is 35.5. The number of amides is 1. The highest BCUT2D eigenvalue weighted by molar-refractivity contribution is 6.42. The lowest BCUT2D eigenvalue weighted by atomic mass is 10.1. The summed E-state index contributed by atoms with van der Waals surface area (Å²) in [5, 5.41) is 1.06. The Bertz CT molecular complexity index is 422. The summed E-state index contributed by atoms with van der Waals surface area (Å²) in [5.74, 6) is 0.126. The largest absolute Gasteiger partial charge is 0.277 e. The normalized spacial score (nSPS) is 22.9. The van der Waals surface area contributed by atoms with E-state index in [-0.39, 0.29) is 17.7 Å². The van der Waals surface area contributed by atoms with Crippen molar-refractivity contribution in [2.24, 2.45) is 5.92 Å². The molecule has 1 fully saturated rings. The molecule has 2 rings (SSSR count). The zero-order valence-corrected chi connectivity index (χ0v) is 10.2. The molecule has 0 saturated heterocycles. The summed E-state index contributed by atoms with van der Waals surface area (Å²) >= 11 is 11.7. The average molecular weight is 260 g/mol. The molecule has 1 aliphatic rings. The topological polar surface area (TPSA) is 38.3 Å². The van der Waals surface area contributed by atoms with Crippen LogP contribution in [0.25, 0.3) is 0 Å². The Hall–Kier alpha value is -0.770. The first kappa shape index (κ1) is 11.7. The van der Waals surface area contributed by atoms with Gasteiger partial charge in [0.1, 0.15) is 0 Å². The highest BCUT2D eigenvalue weighted by Gasteiger charge is 2.44. The van der Waals surface area contributed by atoms with Gasteiger partial charge in [-0.05, 0) is 30.0 Å². The third-order valence-corrected chi connectivity index (χ3v) is 3.44. The number of hydrogen-bond donors (Lipinski definition) is 1. The quantitative estimate of drug-likeness (QED) is 0.848. The van der Waals surface area contributed by atoms with E-state index in [0.717, 1.165) is 12.0 Å². The van der Waals surface area contributed by atoms with Crippen LogP contribution in [-0.4, -0.2) is 13.0 Å². The van der Waals surface area contributed by atoms with E-state index in [1.165, 1.54) is 7.11 Å². The molecule has 86 valence electrons. The number of rotatable bonds is 3. The van der Waals surface area contributed by atoms with E-state index in [2.05, 4.69) is 10.3 Å². The van der Waals surface area contributed by atoms with Crippen LogP contribution in [0.5, 0.6) is 0 Å². The smallest absolute Gasteiger partial charge is 0.247 e. The second-order valence-corrected chi connectivity index (χ2v) is 4.61. The zero-order valence-electron chi connectivity index (χ0n) is 8.67. The van der Waals surface area contributed by atoms with E-state index in [1.807, 2.05) is 12.1 Å². The summed E-state index contributed by atoms with van der Waals surface area (Å²) < 4.78 is 0. The fourth-order valence-electron chi connectivity index (χ4n) is 1.77. The van der Waals surface area contributed by atoms with Crippen molar-refractivity contribution in [2.75, 3.05) is 7.11 Å². The second-order valence-electron chi connectivity index (χ2n) is 3.79. The SMILES string of the molecule is CONC(=O)C1CC1c1ccc(Cl)c(Cl)c1. The van der Waals surface area contributed by atoms with E-state index in [9.17, 15) is 4.79 Å². The molecule has 0 radical (unpaired) electrons. The van der Waals surface area contributed by atoms with E-state index < -0.39 is 0 Å². The average Bonchev–Trinajstić information content (AvgIpc) is 3.02. The fraction of sp³-hybridized carbons (Fsp3) is 0.364. The molecule has 5 heteroatoms. The monoisotopic (exact) mass is 259 g/mol. The van der Waals surface area contributed by atoms with Crippen molar-refractivity contribution in [2.45, 2.75) is 12.3 Å². The maximum atomic E-state index is 11.4. The number of hydrogen-bond acceptors (Lipinski definition) is 2. The first-order chi connectivity index (χ1) is 7.63. The van der Waals surface area contributed by atoms with Gasteiger partial charge in [0.2, 0.25) is 5.91 Å². The van der Waals surface area contributed by atoms with E-state index >= 15 is 0 Å². The van der Waals surface area contributed by atoms with E-state index in [4.69, 9.17) is 23.2 Å². The molecule has 1 aromatic rings. The summed E-state index contributed by atoms with van der Waals surface area (Å²) in [6.45, 7) is 0. The first-order valence-corrected chi connectivity index (χ1v) is 5.67. The number of halogens is 2. The maximum Gasteiger partial charge on any atom is 0.247 e. The van der Waals surface area contributed by atoms with Gasteiger partial charge in [0.15, 0.2) is 0 Å². The maximum absolute atomic E-state index is 11.4. The zero-order chi connectivity index (χ0) is 11.7. The fourth-order valence-corrected chi connectivity index (χ4v) is 2.08. The third kappa shape index (κ3) is 2.32. The van der Waals surface area contributed by atoms with Crippen LogP contribution in [0.4, 0.5) is 0 Å². The van der Waals surface area contributed by atoms with Crippen LogP contribution in [0.2, 0.25) is 10.0 Å². The molecule has 0 bridgehead atoms. The predicted molar refractivity (Wildman–Crippen MR) is 62.5 cm³/mol. The minimum atomic E-state index is -0.0847. The lowest BCUT2D eigenvalue weighted by Gasteiger charge is -2.03. The lowest BCUT2D eigenvalue weighted by molar-refractivity contribution is -0.132. The van der Waals surface area contributed by atoms with Gasteiger partial charge >= 0.3 is 0 Å². The molecule has 16 heavy (non-hydrogen) atoms. The number of benzene rings is 1. The lowest BCUT2D eigenvalue weighted by Crippen LogP contribution is -2.23. The van der Waals surface area contributed by atoms with Gasteiger partial charge in [-0.1, -0.05) is 29.3 Å². The van der Waals surface area contributed by atoms with Crippen LogP contribution in [0, 0.1) is 5.92 Å². The van der Waals surface area contributed by atoms with E-state index in [0.29, 0.717) is 10.0 Å². The molecule has 0 heterocycles. The highest BCUT2D eigenvalue weighted by Crippen LogP contribution is 2.48. The molecule has 0 spiro atoms. The molecular weight excluding hydrogens is 249 g/mol. The Kier molecular flexibility index (Phi) is 3.38. The summed E-state index contributed by atoms with van der Waals surface area (Å²) in [6.07, 6.45) is 0.827. The van der Waals surface area contributed by atoms with E-state index in [1.54, 1.807) is 6.07 Å². The Labute approximate surface area is 104 Å². The minimum absolute atomic E-state index is 0.0165. The Morgan fingerprint density at radius 2 is 2.19 bits per heavy atom. The number of carbonyl (C=O) groups excluding carboxylic acids is 1. The van der Waals surface area contributed by atoms with Gasteiger partial charge in [0.05, 0.1) is 17.2 Å². The van der Waals surface area contributed by atoms with Gasteiger partial charge in [-0.15, -0.1) is 0 Å². The number of carbonyl (C=O) groups is 1. The molecule has 3 nitrogen and oxygen atoms in total. The van der Waals surface area contributed by atoms with Gasteiger partial charge in [-0.3, -0.25) is 9.63 Å². The third-order valence-electron chi connectivity index (χ3n) is 2.70. The molecular formula is C11H11Cl2NO2. The van der Waals surface area contributed by atoms with Crippen LogP contribution >= 0.6 is 23.2 Å². The van der Waals surface area contributed by atoms with Gasteiger partial charge in [0.25, 0.3) is 0 Å². The molecule has 1 aliphatic carbocycles. The summed E-state index contributed by atoms with van der Waals surface area (Å²) in [6, 6.07) is 5.47. The number of hydroxylamine groups is 1. The molecule has 1 saturated carbocycles. The molecule has 1 amide bonds. The van der Waals surface area contributed by atoms with Crippen molar-refractivity contribution in [3.63, 3.8) is 0 Å². The van der Waals surface area contributed by atoms with Crippen LogP contribution < -0.4 is 5.48 Å². The van der Waals surface area contributed by atoms with Crippen molar-refractivity contribution >= 4 is 29.1 Å². The Morgan fingerprint density at radius 3 is 2.81 bits per heavy atom. The van der Waals surface area contributed by atoms with Gasteiger partial charge < -0.3 is 0 Å². The van der Waals surface area contributed by atoms with Gasteiger partial charge in [-0.25, -0.2) is 5.48 Å². The van der Waals surface area contributed by atoms with Crippen molar-refractivity contribution in [1.82, 2.24) is 5.48 Å². The molecule has 2 atom stereocenters. The van der Waals surface area contributed by atoms with Crippen molar-refractivity contribution < 1.29 is 9.63 Å². The summed E-state index contributed by atoms with van der Waals surface area (Å²) in [5.41, 5.74) is 3.38. The van der Waals surface area contributed by atoms with Gasteiger partial charge in [0, 0.05) is 5.92 Å². The van der Waals surface area contributed by atoms with Crippen molar-refractivity contribution in [3.05, 3.63) is 33.8 Å². The van der Waals surface area contributed by atoms with Crippen LogP contribution in [0.1, 0.15) is 17.9 Å². The minimum Gasteiger partial charge on any atom is -0.277 e. The number of nitrogens with one attached hydrogen (secondary N) is 1. The standard InChI is InChI=1S/C11H11Cl2NO2/c1-16-14-11(15)8-5-7(8)6-2-3-9(12)10(13)4-6/h2-4,7-8H,5H2,1H3,(H,14,15). The van der Waals surface area contributed by atoms with Gasteiger partial charge in [-0.2, -0.15) is 0 Å². The molecule has 1 N–H and O–H groups in total. The summed E-state index contributed by atoms with van der Waals surface area (Å²) in [7, 11) is 1.43. The van der Waals surface area contributed by atoms with Crippen LogP contribution in [0.15, 0.2) is 18.2 Å². The predicted octanol–water partition coefficient (Wildman–Crippen LogP) is 2.77. The molecule has 2 unspecified atom stereocenters. The molecule has 0 aliphatic heterocycles.